The summed E-state index contributed by atoms with van der Waals surface area (Å²) in [6.45, 7) is 4.04. The van der Waals surface area contributed by atoms with Gasteiger partial charge in [-0.3, -0.25) is 4.79 Å². The highest BCUT2D eigenvalue weighted by molar-refractivity contribution is 5.71. The first kappa shape index (κ1) is 10.6. The van der Waals surface area contributed by atoms with E-state index in [9.17, 15) is 4.79 Å². The van der Waals surface area contributed by atoms with Crippen LogP contribution in [-0.4, -0.2) is 22.8 Å². The van der Waals surface area contributed by atoms with Crippen LogP contribution in [0.2, 0.25) is 0 Å². The molecule has 0 atom stereocenters. The highest BCUT2D eigenvalue weighted by Crippen LogP contribution is 1.99. The molecule has 1 heterocycles. The Balaban J connectivity index is 2.26. The van der Waals surface area contributed by atoms with Crippen molar-refractivity contribution in [3.8, 4) is 0 Å². The van der Waals surface area contributed by atoms with Crippen LogP contribution in [0.3, 0.4) is 0 Å². The Labute approximate surface area is 83.3 Å². The molecule has 0 aromatic carbocycles. The van der Waals surface area contributed by atoms with E-state index in [1.165, 1.54) is 0 Å². The molecule has 14 heavy (non-hydrogen) atoms. The third-order valence-corrected chi connectivity index (χ3v) is 1.75. The summed E-state index contributed by atoms with van der Waals surface area (Å²) in [6, 6.07) is 1.86. The van der Waals surface area contributed by atoms with E-state index in [1.54, 1.807) is 12.4 Å². The molecule has 0 radical (unpaired) electrons. The average molecular weight is 194 g/mol. The minimum Gasteiger partial charge on any atom is -0.465 e. The normalized spacial score (nSPS) is 10.2. The maximum atomic E-state index is 11.1. The Kier molecular flexibility index (Phi) is 4.04. The van der Waals surface area contributed by atoms with E-state index in [2.05, 4.69) is 10.2 Å². The van der Waals surface area contributed by atoms with Gasteiger partial charge in [-0.05, 0) is 11.6 Å². The van der Waals surface area contributed by atoms with E-state index in [4.69, 9.17) is 4.74 Å². The third kappa shape index (κ3) is 3.51. The predicted octanol–water partition coefficient (Wildman–Crippen LogP) is 1.22. The van der Waals surface area contributed by atoms with Gasteiger partial charge in [-0.15, -0.1) is 0 Å². The quantitative estimate of drug-likeness (QED) is 0.676. The minimum absolute atomic E-state index is 0.0643. The molecule has 0 bridgehead atoms. The summed E-state index contributed by atoms with van der Waals surface area (Å²) < 4.78 is 5.02. The van der Waals surface area contributed by atoms with Crippen LogP contribution in [0.4, 0.5) is 0 Å². The van der Waals surface area contributed by atoms with Crippen molar-refractivity contribution in [2.24, 2.45) is 5.92 Å². The molecule has 1 aromatic heterocycles. The second-order valence-electron chi connectivity index (χ2n) is 3.32. The van der Waals surface area contributed by atoms with E-state index >= 15 is 0 Å². The van der Waals surface area contributed by atoms with Gasteiger partial charge in [0.25, 0.3) is 0 Å². The lowest BCUT2D eigenvalue weighted by molar-refractivity contribution is -0.147. The smallest absolute Gasteiger partial charge is 0.308 e. The number of hydrogen-bond acceptors (Lipinski definition) is 4. The van der Waals surface area contributed by atoms with Crippen molar-refractivity contribution in [2.75, 3.05) is 6.61 Å². The summed E-state index contributed by atoms with van der Waals surface area (Å²) in [5, 5.41) is 7.39. The van der Waals surface area contributed by atoms with E-state index in [0.29, 0.717) is 13.0 Å². The molecular weight excluding hydrogens is 180 g/mol. The summed E-state index contributed by atoms with van der Waals surface area (Å²) in [5.74, 6) is -0.224. The Morgan fingerprint density at radius 3 is 2.86 bits per heavy atom. The zero-order chi connectivity index (χ0) is 10.4. The number of carbonyl (C=O) groups is 1. The van der Waals surface area contributed by atoms with Crippen LogP contribution in [0.15, 0.2) is 18.5 Å². The second kappa shape index (κ2) is 5.32. The molecule has 1 aromatic rings. The molecule has 4 heteroatoms. The van der Waals surface area contributed by atoms with E-state index in [1.807, 2.05) is 19.9 Å². The molecule has 4 nitrogen and oxygen atoms in total. The van der Waals surface area contributed by atoms with E-state index in [-0.39, 0.29) is 11.9 Å². The van der Waals surface area contributed by atoms with E-state index < -0.39 is 0 Å². The summed E-state index contributed by atoms with van der Waals surface area (Å²) >= 11 is 0. The van der Waals surface area contributed by atoms with Crippen LogP contribution in [0, 0.1) is 5.92 Å². The standard InChI is InChI=1S/C10H14N2O2/c1-8(2)10(13)14-6-4-9-3-5-11-12-7-9/h3,5,7-8H,4,6H2,1-2H3. The van der Waals surface area contributed by atoms with Gasteiger partial charge >= 0.3 is 5.97 Å². The fourth-order valence-corrected chi connectivity index (χ4v) is 0.902. The summed E-state index contributed by atoms with van der Waals surface area (Å²) in [5.41, 5.74) is 1.02. The van der Waals surface area contributed by atoms with Gasteiger partial charge < -0.3 is 4.74 Å². The predicted molar refractivity (Wildman–Crippen MR) is 51.5 cm³/mol. The Morgan fingerprint density at radius 2 is 2.29 bits per heavy atom. The number of hydrogen-bond donors (Lipinski definition) is 0. The van der Waals surface area contributed by atoms with Gasteiger partial charge in [-0.1, -0.05) is 13.8 Å². The topological polar surface area (TPSA) is 52.1 Å². The van der Waals surface area contributed by atoms with Crippen molar-refractivity contribution in [2.45, 2.75) is 20.3 Å². The molecule has 0 fully saturated rings. The molecule has 0 saturated heterocycles. The SMILES string of the molecule is CC(C)C(=O)OCCc1ccnnc1. The Bertz CT molecular complexity index is 285. The number of rotatable bonds is 4. The molecular formula is C10H14N2O2. The lowest BCUT2D eigenvalue weighted by Gasteiger charge is -2.06. The first-order chi connectivity index (χ1) is 6.70. The summed E-state index contributed by atoms with van der Waals surface area (Å²) in [6.07, 6.45) is 3.98. The minimum atomic E-state index is -0.160. The summed E-state index contributed by atoms with van der Waals surface area (Å²) in [4.78, 5) is 11.1. The number of aromatic nitrogens is 2. The van der Waals surface area contributed by atoms with Crippen molar-refractivity contribution >= 4 is 5.97 Å². The monoisotopic (exact) mass is 194 g/mol. The van der Waals surface area contributed by atoms with Crippen molar-refractivity contribution < 1.29 is 9.53 Å². The fourth-order valence-electron chi connectivity index (χ4n) is 0.902. The van der Waals surface area contributed by atoms with Crippen molar-refractivity contribution in [1.29, 1.82) is 0 Å². The maximum absolute atomic E-state index is 11.1. The van der Waals surface area contributed by atoms with Gasteiger partial charge in [-0.25, -0.2) is 0 Å². The zero-order valence-electron chi connectivity index (χ0n) is 8.43. The third-order valence-electron chi connectivity index (χ3n) is 1.75. The molecule has 0 aliphatic heterocycles. The largest absolute Gasteiger partial charge is 0.465 e. The number of nitrogens with zero attached hydrogens (tertiary/aromatic N) is 2. The highest BCUT2D eigenvalue weighted by Gasteiger charge is 2.07. The molecule has 0 amide bonds. The van der Waals surface area contributed by atoms with Crippen LogP contribution >= 0.6 is 0 Å². The van der Waals surface area contributed by atoms with Gasteiger partial charge in [-0.2, -0.15) is 10.2 Å². The van der Waals surface area contributed by atoms with Crippen LogP contribution in [0.25, 0.3) is 0 Å². The lowest BCUT2D eigenvalue weighted by Crippen LogP contribution is -2.13. The number of carbonyl (C=O) groups excluding carboxylic acids is 1. The van der Waals surface area contributed by atoms with Crippen LogP contribution in [-0.2, 0) is 16.0 Å². The van der Waals surface area contributed by atoms with Crippen LogP contribution in [0.1, 0.15) is 19.4 Å². The van der Waals surface area contributed by atoms with E-state index in [0.717, 1.165) is 5.56 Å². The fraction of sp³-hybridized carbons (Fsp3) is 0.500. The molecule has 1 rings (SSSR count). The zero-order valence-corrected chi connectivity index (χ0v) is 8.43. The Hall–Kier alpha value is -1.45. The van der Waals surface area contributed by atoms with Gasteiger partial charge in [0.15, 0.2) is 0 Å². The molecule has 0 spiro atoms. The molecule has 0 aliphatic carbocycles. The Morgan fingerprint density at radius 1 is 1.50 bits per heavy atom. The molecule has 76 valence electrons. The van der Waals surface area contributed by atoms with Crippen molar-refractivity contribution in [3.63, 3.8) is 0 Å². The summed E-state index contributed by atoms with van der Waals surface area (Å²) in [7, 11) is 0. The van der Waals surface area contributed by atoms with Crippen molar-refractivity contribution in [1.82, 2.24) is 10.2 Å². The van der Waals surface area contributed by atoms with Gasteiger partial charge in [0.1, 0.15) is 0 Å². The van der Waals surface area contributed by atoms with Crippen molar-refractivity contribution in [3.05, 3.63) is 24.0 Å². The van der Waals surface area contributed by atoms with Gasteiger partial charge in [0.2, 0.25) is 0 Å². The van der Waals surface area contributed by atoms with Gasteiger partial charge in [0, 0.05) is 12.6 Å². The molecule has 0 N–H and O–H groups in total. The molecule has 0 unspecified atom stereocenters. The highest BCUT2D eigenvalue weighted by atomic mass is 16.5. The van der Waals surface area contributed by atoms with Crippen LogP contribution in [0.5, 0.6) is 0 Å². The molecule has 0 saturated carbocycles. The maximum Gasteiger partial charge on any atom is 0.308 e. The number of ether oxygens (including phenoxy) is 1. The first-order valence-corrected chi connectivity index (χ1v) is 4.62. The molecule has 0 aliphatic rings. The average Bonchev–Trinajstić information content (AvgIpc) is 2.19. The van der Waals surface area contributed by atoms with Crippen LogP contribution < -0.4 is 0 Å². The first-order valence-electron chi connectivity index (χ1n) is 4.62. The number of esters is 1. The second-order valence-corrected chi connectivity index (χ2v) is 3.32. The lowest BCUT2D eigenvalue weighted by atomic mass is 10.2. The van der Waals surface area contributed by atoms with Gasteiger partial charge in [0.05, 0.1) is 18.7 Å².